The van der Waals surface area contributed by atoms with E-state index in [0.717, 1.165) is 10.9 Å². The van der Waals surface area contributed by atoms with Gasteiger partial charge in [0.2, 0.25) is 12.1 Å². The van der Waals surface area contributed by atoms with E-state index in [2.05, 4.69) is 0 Å². The van der Waals surface area contributed by atoms with Crippen LogP contribution in [0.25, 0.3) is 10.9 Å². The number of aromatic hydroxyl groups is 1. The fourth-order valence-electron chi connectivity index (χ4n) is 1.75. The molecule has 0 amide bonds. The summed E-state index contributed by atoms with van der Waals surface area (Å²) >= 11 is 0. The molecule has 17 heavy (non-hydrogen) atoms. The maximum atomic E-state index is 11.4. The fraction of sp³-hybridized carbons (Fsp3) is 0.231. The molecule has 0 spiro atoms. The summed E-state index contributed by atoms with van der Waals surface area (Å²) in [5.74, 6) is -0.0514. The van der Waals surface area contributed by atoms with Gasteiger partial charge >= 0.3 is 5.97 Å². The van der Waals surface area contributed by atoms with Crippen LogP contribution in [0.1, 0.15) is 6.92 Å². The van der Waals surface area contributed by atoms with Crippen molar-refractivity contribution in [2.45, 2.75) is 13.5 Å². The largest absolute Gasteiger partial charge is 0.508 e. The standard InChI is InChI=1S/C13H13NO3/c1-2-17-13(16)9-14-7-3-4-10-8-11(15)5-6-12(10)14/h3-8H,2,9H2,1H3/p+1. The third-order valence-corrected chi connectivity index (χ3v) is 2.47. The molecule has 1 aromatic carbocycles. The van der Waals surface area contributed by atoms with Gasteiger partial charge in [-0.05, 0) is 25.1 Å². The van der Waals surface area contributed by atoms with E-state index >= 15 is 0 Å². The van der Waals surface area contributed by atoms with E-state index in [4.69, 9.17) is 4.74 Å². The molecule has 4 heteroatoms. The minimum Gasteiger partial charge on any atom is -0.508 e. The van der Waals surface area contributed by atoms with Crippen molar-refractivity contribution < 1.29 is 19.2 Å². The summed E-state index contributed by atoms with van der Waals surface area (Å²) in [6, 6.07) is 8.77. The van der Waals surface area contributed by atoms with Crippen molar-refractivity contribution in [2.24, 2.45) is 0 Å². The second-order valence-electron chi connectivity index (χ2n) is 3.68. The van der Waals surface area contributed by atoms with Gasteiger partial charge in [-0.1, -0.05) is 0 Å². The number of hydrogen-bond donors (Lipinski definition) is 1. The summed E-state index contributed by atoms with van der Waals surface area (Å²) in [7, 11) is 0. The molecule has 0 radical (unpaired) electrons. The van der Waals surface area contributed by atoms with Gasteiger partial charge in [-0.25, -0.2) is 4.79 Å². The van der Waals surface area contributed by atoms with Crippen molar-refractivity contribution in [1.82, 2.24) is 0 Å². The molecule has 0 aliphatic carbocycles. The number of phenols is 1. The molecule has 0 aliphatic rings. The summed E-state index contributed by atoms with van der Waals surface area (Å²) in [6.07, 6.45) is 1.82. The Hall–Kier alpha value is -2.10. The van der Waals surface area contributed by atoms with Crippen molar-refractivity contribution >= 4 is 16.9 Å². The van der Waals surface area contributed by atoms with Gasteiger partial charge in [0.15, 0.2) is 6.20 Å². The molecule has 0 atom stereocenters. The Kier molecular flexibility index (Phi) is 3.23. The van der Waals surface area contributed by atoms with E-state index in [1.54, 1.807) is 29.7 Å². The topological polar surface area (TPSA) is 50.4 Å². The van der Waals surface area contributed by atoms with Crippen LogP contribution in [-0.4, -0.2) is 17.7 Å². The summed E-state index contributed by atoms with van der Waals surface area (Å²) in [6.45, 7) is 2.34. The highest BCUT2D eigenvalue weighted by Gasteiger charge is 2.14. The van der Waals surface area contributed by atoms with Gasteiger partial charge in [-0.2, -0.15) is 4.57 Å². The quantitative estimate of drug-likeness (QED) is 0.642. The van der Waals surface area contributed by atoms with Gasteiger partial charge in [0.25, 0.3) is 0 Å². The number of hydrogen-bond acceptors (Lipinski definition) is 3. The zero-order valence-corrected chi connectivity index (χ0v) is 9.59. The number of phenolic OH excluding ortho intramolecular Hbond substituents is 1. The molecule has 1 heterocycles. The van der Waals surface area contributed by atoms with Gasteiger partial charge in [0, 0.05) is 12.1 Å². The zero-order valence-electron chi connectivity index (χ0n) is 9.59. The molecule has 0 saturated heterocycles. The van der Waals surface area contributed by atoms with Gasteiger partial charge < -0.3 is 9.84 Å². The Bertz CT molecular complexity index is 551. The highest BCUT2D eigenvalue weighted by Crippen LogP contribution is 2.16. The van der Waals surface area contributed by atoms with Gasteiger partial charge in [0.05, 0.1) is 12.0 Å². The maximum Gasteiger partial charge on any atom is 0.372 e. The molecular weight excluding hydrogens is 218 g/mol. The average molecular weight is 232 g/mol. The molecule has 1 N–H and O–H groups in total. The van der Waals surface area contributed by atoms with Crippen LogP contribution < -0.4 is 4.57 Å². The Balaban J connectivity index is 2.37. The highest BCUT2D eigenvalue weighted by molar-refractivity contribution is 5.77. The third kappa shape index (κ3) is 2.53. The average Bonchev–Trinajstić information content (AvgIpc) is 2.29. The summed E-state index contributed by atoms with van der Waals surface area (Å²) in [5.41, 5.74) is 0.887. The number of carbonyl (C=O) groups excluding carboxylic acids is 1. The van der Waals surface area contributed by atoms with E-state index in [9.17, 15) is 9.90 Å². The number of rotatable bonds is 3. The monoisotopic (exact) mass is 232 g/mol. The molecule has 2 rings (SSSR count). The molecular formula is C13H14NO3+. The number of esters is 1. The lowest BCUT2D eigenvalue weighted by molar-refractivity contribution is -0.660. The van der Waals surface area contributed by atoms with Gasteiger partial charge in [0.1, 0.15) is 5.75 Å². The van der Waals surface area contributed by atoms with E-state index in [1.807, 2.05) is 18.3 Å². The van der Waals surface area contributed by atoms with Crippen LogP contribution in [-0.2, 0) is 16.1 Å². The second kappa shape index (κ2) is 4.82. The van der Waals surface area contributed by atoms with Crippen molar-refractivity contribution in [3.05, 3.63) is 36.5 Å². The Morgan fingerprint density at radius 1 is 1.41 bits per heavy atom. The molecule has 0 unspecified atom stereocenters. The Morgan fingerprint density at radius 2 is 2.24 bits per heavy atom. The summed E-state index contributed by atoms with van der Waals surface area (Å²) in [5, 5.41) is 10.3. The second-order valence-corrected chi connectivity index (χ2v) is 3.68. The lowest BCUT2D eigenvalue weighted by Crippen LogP contribution is -2.39. The predicted molar refractivity (Wildman–Crippen MR) is 62.4 cm³/mol. The number of aromatic nitrogens is 1. The molecule has 88 valence electrons. The smallest absolute Gasteiger partial charge is 0.372 e. The normalized spacial score (nSPS) is 10.4. The van der Waals surface area contributed by atoms with E-state index in [0.29, 0.717) is 6.61 Å². The first-order chi connectivity index (χ1) is 8.20. The molecule has 4 nitrogen and oxygen atoms in total. The molecule has 2 aromatic rings. The molecule has 0 fully saturated rings. The van der Waals surface area contributed by atoms with Gasteiger partial charge in [-0.3, -0.25) is 0 Å². The Morgan fingerprint density at radius 3 is 3.00 bits per heavy atom. The molecule has 0 bridgehead atoms. The first kappa shape index (κ1) is 11.4. The molecule has 1 aromatic heterocycles. The van der Waals surface area contributed by atoms with Crippen LogP contribution in [0.4, 0.5) is 0 Å². The SMILES string of the molecule is CCOC(=O)C[n+]1cccc2cc(O)ccc21. The lowest BCUT2D eigenvalue weighted by Gasteiger charge is -2.02. The minimum absolute atomic E-state index is 0.177. The minimum atomic E-state index is -0.266. The van der Waals surface area contributed by atoms with E-state index in [-0.39, 0.29) is 18.3 Å². The van der Waals surface area contributed by atoms with Crippen molar-refractivity contribution in [1.29, 1.82) is 0 Å². The van der Waals surface area contributed by atoms with Gasteiger partial charge in [-0.15, -0.1) is 0 Å². The lowest BCUT2D eigenvalue weighted by atomic mass is 10.2. The van der Waals surface area contributed by atoms with Crippen LogP contribution in [0.5, 0.6) is 5.75 Å². The molecule has 0 aliphatic heterocycles. The summed E-state index contributed by atoms with van der Waals surface area (Å²) in [4.78, 5) is 11.4. The Labute approximate surface area is 99.1 Å². The number of benzene rings is 1. The highest BCUT2D eigenvalue weighted by atomic mass is 16.5. The van der Waals surface area contributed by atoms with Crippen LogP contribution in [0.3, 0.4) is 0 Å². The zero-order chi connectivity index (χ0) is 12.3. The fourth-order valence-corrected chi connectivity index (χ4v) is 1.75. The van der Waals surface area contributed by atoms with Crippen LogP contribution in [0.2, 0.25) is 0 Å². The van der Waals surface area contributed by atoms with Crippen LogP contribution in [0, 0.1) is 0 Å². The number of ether oxygens (including phenoxy) is 1. The summed E-state index contributed by atoms with van der Waals surface area (Å²) < 4.78 is 6.71. The van der Waals surface area contributed by atoms with E-state index < -0.39 is 0 Å². The predicted octanol–water partition coefficient (Wildman–Crippen LogP) is 1.40. The maximum absolute atomic E-state index is 11.4. The molecule has 0 saturated carbocycles. The van der Waals surface area contributed by atoms with Crippen molar-refractivity contribution in [3.8, 4) is 5.75 Å². The van der Waals surface area contributed by atoms with Crippen molar-refractivity contribution in [3.63, 3.8) is 0 Å². The first-order valence-corrected chi connectivity index (χ1v) is 5.47. The van der Waals surface area contributed by atoms with Crippen LogP contribution in [0.15, 0.2) is 36.5 Å². The number of carbonyl (C=O) groups is 1. The van der Waals surface area contributed by atoms with Crippen LogP contribution >= 0.6 is 0 Å². The first-order valence-electron chi connectivity index (χ1n) is 5.47. The van der Waals surface area contributed by atoms with E-state index in [1.165, 1.54) is 0 Å². The number of nitrogens with zero attached hydrogens (tertiary/aromatic N) is 1. The van der Waals surface area contributed by atoms with Crippen molar-refractivity contribution in [2.75, 3.05) is 6.61 Å². The number of fused-ring (bicyclic) bond motifs is 1. The number of pyridine rings is 1. The third-order valence-electron chi connectivity index (χ3n) is 2.47.